The van der Waals surface area contributed by atoms with Gasteiger partial charge in [-0.3, -0.25) is 0 Å². The van der Waals surface area contributed by atoms with Gasteiger partial charge in [0.1, 0.15) is 0 Å². The van der Waals surface area contributed by atoms with E-state index in [9.17, 15) is 0 Å². The number of likely N-dealkylation sites (N-methyl/N-ethyl adjacent to an activating group) is 1. The normalized spacial score (nSPS) is 12.9. The zero-order valence-corrected chi connectivity index (χ0v) is 11.5. The molecule has 1 unspecified atom stereocenters. The average Bonchev–Trinajstić information content (AvgIpc) is 2.68. The lowest BCUT2D eigenvalue weighted by atomic mass is 10.1. The molecule has 0 saturated heterocycles. The quantitative estimate of drug-likeness (QED) is 0.725. The largest absolute Gasteiger partial charge is 0.382 e. The van der Waals surface area contributed by atoms with Gasteiger partial charge in [0.25, 0.3) is 0 Å². The third-order valence-corrected chi connectivity index (χ3v) is 3.78. The third kappa shape index (κ3) is 5.30. The van der Waals surface area contributed by atoms with Gasteiger partial charge in [-0.2, -0.15) is 0 Å². The summed E-state index contributed by atoms with van der Waals surface area (Å²) < 4.78 is 6.21. The van der Waals surface area contributed by atoms with E-state index in [-0.39, 0.29) is 0 Å². The summed E-state index contributed by atoms with van der Waals surface area (Å²) >= 11 is 7.58. The van der Waals surface area contributed by atoms with E-state index in [0.717, 1.165) is 36.8 Å². The highest BCUT2D eigenvalue weighted by atomic mass is 35.5. The number of rotatable bonds is 8. The van der Waals surface area contributed by atoms with Gasteiger partial charge in [0, 0.05) is 24.1 Å². The molecule has 4 heteroatoms. The Labute approximate surface area is 107 Å². The number of ether oxygens (including phenoxy) is 1. The predicted molar refractivity (Wildman–Crippen MR) is 71.6 cm³/mol. The number of nitrogens with one attached hydrogen (secondary N) is 1. The average molecular weight is 262 g/mol. The molecule has 0 aliphatic rings. The molecule has 1 N–H and O–H groups in total. The zero-order chi connectivity index (χ0) is 11.8. The Morgan fingerprint density at radius 1 is 1.50 bits per heavy atom. The van der Waals surface area contributed by atoms with Crippen LogP contribution in [0.4, 0.5) is 0 Å². The predicted octanol–water partition coefficient (Wildman–Crippen LogP) is 3.35. The van der Waals surface area contributed by atoms with Crippen LogP contribution in [0.2, 0.25) is 4.34 Å². The standard InChI is InChI=1S/C12H20ClNOS/c1-3-15-8-4-5-10(14-2)9-11-6-7-12(13)16-11/h6-7,10,14H,3-5,8-9H2,1-2H3. The maximum atomic E-state index is 5.91. The highest BCUT2D eigenvalue weighted by Crippen LogP contribution is 2.23. The van der Waals surface area contributed by atoms with E-state index in [1.54, 1.807) is 11.3 Å². The van der Waals surface area contributed by atoms with Crippen LogP contribution in [0.25, 0.3) is 0 Å². The summed E-state index contributed by atoms with van der Waals surface area (Å²) in [5, 5.41) is 3.34. The Hall–Kier alpha value is -0.0900. The monoisotopic (exact) mass is 261 g/mol. The maximum Gasteiger partial charge on any atom is 0.0931 e. The molecule has 0 fully saturated rings. The van der Waals surface area contributed by atoms with Gasteiger partial charge in [-0.25, -0.2) is 0 Å². The molecule has 16 heavy (non-hydrogen) atoms. The van der Waals surface area contributed by atoms with E-state index in [0.29, 0.717) is 6.04 Å². The molecule has 1 heterocycles. The maximum absolute atomic E-state index is 5.91. The van der Waals surface area contributed by atoms with E-state index >= 15 is 0 Å². The van der Waals surface area contributed by atoms with Crippen molar-refractivity contribution >= 4 is 22.9 Å². The Balaban J connectivity index is 2.26. The summed E-state index contributed by atoms with van der Waals surface area (Å²) in [5.41, 5.74) is 0. The first kappa shape index (κ1) is 14.0. The second-order valence-corrected chi connectivity index (χ2v) is 5.53. The Bertz CT molecular complexity index is 290. The molecule has 0 aliphatic carbocycles. The van der Waals surface area contributed by atoms with E-state index in [1.165, 1.54) is 4.88 Å². The second-order valence-electron chi connectivity index (χ2n) is 3.73. The van der Waals surface area contributed by atoms with Gasteiger partial charge in [-0.15, -0.1) is 11.3 Å². The molecule has 0 amide bonds. The van der Waals surface area contributed by atoms with E-state index in [2.05, 4.69) is 11.4 Å². The number of hydrogen-bond donors (Lipinski definition) is 1. The van der Waals surface area contributed by atoms with E-state index in [1.807, 2.05) is 20.0 Å². The fraction of sp³-hybridized carbons (Fsp3) is 0.667. The summed E-state index contributed by atoms with van der Waals surface area (Å²) in [4.78, 5) is 1.35. The van der Waals surface area contributed by atoms with Gasteiger partial charge in [0.2, 0.25) is 0 Å². The Morgan fingerprint density at radius 2 is 2.31 bits per heavy atom. The summed E-state index contributed by atoms with van der Waals surface area (Å²) in [6, 6.07) is 4.60. The van der Waals surface area contributed by atoms with Gasteiger partial charge in [-0.1, -0.05) is 11.6 Å². The summed E-state index contributed by atoms with van der Waals surface area (Å²) in [6.45, 7) is 3.70. The lowest BCUT2D eigenvalue weighted by Gasteiger charge is -2.14. The highest BCUT2D eigenvalue weighted by Gasteiger charge is 2.08. The van der Waals surface area contributed by atoms with Crippen molar-refractivity contribution < 1.29 is 4.74 Å². The third-order valence-electron chi connectivity index (χ3n) is 2.53. The smallest absolute Gasteiger partial charge is 0.0931 e. The second kappa shape index (κ2) is 8.07. The summed E-state index contributed by atoms with van der Waals surface area (Å²) in [7, 11) is 2.01. The Kier molecular flexibility index (Phi) is 7.05. The minimum Gasteiger partial charge on any atom is -0.382 e. The molecule has 0 aliphatic heterocycles. The summed E-state index contributed by atoms with van der Waals surface area (Å²) in [5.74, 6) is 0. The van der Waals surface area contributed by atoms with Crippen LogP contribution in [0.1, 0.15) is 24.6 Å². The van der Waals surface area contributed by atoms with Crippen molar-refractivity contribution in [1.29, 1.82) is 0 Å². The summed E-state index contributed by atoms with van der Waals surface area (Å²) in [6.07, 6.45) is 3.31. The lowest BCUT2D eigenvalue weighted by molar-refractivity contribution is 0.141. The minimum atomic E-state index is 0.523. The van der Waals surface area contributed by atoms with Crippen LogP contribution in [0, 0.1) is 0 Å². The topological polar surface area (TPSA) is 21.3 Å². The molecule has 0 spiro atoms. The Morgan fingerprint density at radius 3 is 2.88 bits per heavy atom. The van der Waals surface area contributed by atoms with Gasteiger partial charge < -0.3 is 10.1 Å². The van der Waals surface area contributed by atoms with Gasteiger partial charge in [0.05, 0.1) is 4.34 Å². The van der Waals surface area contributed by atoms with Crippen LogP contribution in [0.15, 0.2) is 12.1 Å². The number of halogens is 1. The number of hydrogen-bond acceptors (Lipinski definition) is 3. The first-order valence-corrected chi connectivity index (χ1v) is 6.95. The van der Waals surface area contributed by atoms with Crippen molar-refractivity contribution in [3.63, 3.8) is 0 Å². The molecule has 1 atom stereocenters. The SMILES string of the molecule is CCOCCCC(Cc1ccc(Cl)s1)NC. The molecule has 0 saturated carbocycles. The first-order valence-electron chi connectivity index (χ1n) is 5.75. The van der Waals surface area contributed by atoms with Crippen molar-refractivity contribution in [1.82, 2.24) is 5.32 Å². The van der Waals surface area contributed by atoms with Crippen LogP contribution >= 0.6 is 22.9 Å². The fourth-order valence-electron chi connectivity index (χ4n) is 1.63. The molecular weight excluding hydrogens is 242 g/mol. The lowest BCUT2D eigenvalue weighted by Crippen LogP contribution is -2.27. The van der Waals surface area contributed by atoms with E-state index < -0.39 is 0 Å². The molecule has 1 rings (SSSR count). The van der Waals surface area contributed by atoms with Crippen LogP contribution in [-0.4, -0.2) is 26.3 Å². The van der Waals surface area contributed by atoms with Crippen molar-refractivity contribution in [2.45, 2.75) is 32.2 Å². The molecule has 2 nitrogen and oxygen atoms in total. The molecule has 0 radical (unpaired) electrons. The highest BCUT2D eigenvalue weighted by molar-refractivity contribution is 7.16. The van der Waals surface area contributed by atoms with Crippen molar-refractivity contribution in [3.8, 4) is 0 Å². The van der Waals surface area contributed by atoms with Crippen molar-refractivity contribution in [2.75, 3.05) is 20.3 Å². The van der Waals surface area contributed by atoms with E-state index in [4.69, 9.17) is 16.3 Å². The van der Waals surface area contributed by atoms with Gasteiger partial charge in [0.15, 0.2) is 0 Å². The molecule has 0 aromatic carbocycles. The molecule has 0 bridgehead atoms. The van der Waals surface area contributed by atoms with Crippen molar-refractivity contribution in [2.24, 2.45) is 0 Å². The first-order chi connectivity index (χ1) is 7.76. The number of thiophene rings is 1. The fourth-order valence-corrected chi connectivity index (χ4v) is 2.80. The molecule has 1 aromatic heterocycles. The van der Waals surface area contributed by atoms with Gasteiger partial charge >= 0.3 is 0 Å². The molecule has 1 aromatic rings. The van der Waals surface area contributed by atoms with Crippen LogP contribution in [0.3, 0.4) is 0 Å². The van der Waals surface area contributed by atoms with Crippen LogP contribution in [-0.2, 0) is 11.2 Å². The van der Waals surface area contributed by atoms with Crippen LogP contribution in [0.5, 0.6) is 0 Å². The van der Waals surface area contributed by atoms with Gasteiger partial charge in [-0.05, 0) is 45.4 Å². The van der Waals surface area contributed by atoms with Crippen molar-refractivity contribution in [3.05, 3.63) is 21.3 Å². The van der Waals surface area contributed by atoms with Crippen LogP contribution < -0.4 is 5.32 Å². The molecule has 92 valence electrons. The zero-order valence-electron chi connectivity index (χ0n) is 9.96. The minimum absolute atomic E-state index is 0.523. The molecular formula is C12H20ClNOS.